The average Bonchev–Trinajstić information content (AvgIpc) is 2.95. The molecule has 1 fully saturated rings. The smallest absolute Gasteiger partial charge is 0.246 e. The van der Waals surface area contributed by atoms with E-state index in [1.165, 1.54) is 0 Å². The Kier molecular flexibility index (Phi) is 6.40. The SMILES string of the molecule is CSCc1noc(CNC(=O)CC2C(=O)NCCN2C(C)C)n1. The Balaban J connectivity index is 1.86. The first-order valence-corrected chi connectivity index (χ1v) is 9.01. The third-order valence-electron chi connectivity index (χ3n) is 3.63. The van der Waals surface area contributed by atoms with Crippen LogP contribution in [0.5, 0.6) is 0 Å². The Bertz CT molecular complexity index is 548. The Morgan fingerprint density at radius 2 is 2.35 bits per heavy atom. The Hall–Kier alpha value is -1.61. The molecule has 0 radical (unpaired) electrons. The van der Waals surface area contributed by atoms with Crippen LogP contribution < -0.4 is 10.6 Å². The number of hydrogen-bond acceptors (Lipinski definition) is 7. The van der Waals surface area contributed by atoms with Crippen LogP contribution in [-0.2, 0) is 21.9 Å². The van der Waals surface area contributed by atoms with Crippen LogP contribution in [0.3, 0.4) is 0 Å². The fourth-order valence-corrected chi connectivity index (χ4v) is 2.91. The van der Waals surface area contributed by atoms with Crippen molar-refractivity contribution in [2.75, 3.05) is 19.3 Å². The molecule has 1 saturated heterocycles. The summed E-state index contributed by atoms with van der Waals surface area (Å²) >= 11 is 1.60. The van der Waals surface area contributed by atoms with Crippen molar-refractivity contribution < 1.29 is 14.1 Å². The first-order chi connectivity index (χ1) is 11.0. The van der Waals surface area contributed by atoms with Gasteiger partial charge in [0.1, 0.15) is 0 Å². The summed E-state index contributed by atoms with van der Waals surface area (Å²) in [6.45, 7) is 5.60. The molecular weight excluding hydrogens is 318 g/mol. The van der Waals surface area contributed by atoms with E-state index in [0.717, 1.165) is 6.54 Å². The molecule has 2 N–H and O–H groups in total. The number of nitrogens with one attached hydrogen (secondary N) is 2. The second-order valence-electron chi connectivity index (χ2n) is 5.66. The van der Waals surface area contributed by atoms with Gasteiger partial charge in [0, 0.05) is 19.1 Å². The third-order valence-corrected chi connectivity index (χ3v) is 4.18. The summed E-state index contributed by atoms with van der Waals surface area (Å²) in [6.07, 6.45) is 2.07. The van der Waals surface area contributed by atoms with Gasteiger partial charge < -0.3 is 15.2 Å². The summed E-state index contributed by atoms with van der Waals surface area (Å²) in [7, 11) is 0. The maximum Gasteiger partial charge on any atom is 0.246 e. The van der Waals surface area contributed by atoms with Gasteiger partial charge in [-0.25, -0.2) is 0 Å². The molecule has 23 heavy (non-hydrogen) atoms. The average molecular weight is 341 g/mol. The third kappa shape index (κ3) is 4.93. The van der Waals surface area contributed by atoms with Crippen molar-refractivity contribution in [3.8, 4) is 0 Å². The molecule has 1 atom stereocenters. The zero-order valence-electron chi connectivity index (χ0n) is 13.7. The summed E-state index contributed by atoms with van der Waals surface area (Å²) in [4.78, 5) is 30.4. The molecule has 9 heteroatoms. The second-order valence-corrected chi connectivity index (χ2v) is 6.52. The number of piperazine rings is 1. The molecule has 1 unspecified atom stereocenters. The Morgan fingerprint density at radius 1 is 1.57 bits per heavy atom. The van der Waals surface area contributed by atoms with Crippen LogP contribution in [-0.4, -0.2) is 58.3 Å². The number of amides is 2. The number of rotatable bonds is 7. The van der Waals surface area contributed by atoms with Crippen LogP contribution >= 0.6 is 11.8 Å². The molecule has 2 heterocycles. The highest BCUT2D eigenvalue weighted by Gasteiger charge is 2.32. The Morgan fingerprint density at radius 3 is 3.04 bits per heavy atom. The zero-order chi connectivity index (χ0) is 16.8. The second kappa shape index (κ2) is 8.30. The van der Waals surface area contributed by atoms with Crippen LogP contribution in [0.2, 0.25) is 0 Å². The lowest BCUT2D eigenvalue weighted by Crippen LogP contribution is -2.58. The highest BCUT2D eigenvalue weighted by atomic mass is 32.2. The molecule has 2 rings (SSSR count). The minimum atomic E-state index is -0.432. The molecule has 2 amide bonds. The maximum absolute atomic E-state index is 12.1. The number of aromatic nitrogens is 2. The van der Waals surface area contributed by atoms with Crippen molar-refractivity contribution in [1.29, 1.82) is 0 Å². The van der Waals surface area contributed by atoms with Crippen LogP contribution in [0, 0.1) is 0 Å². The lowest BCUT2D eigenvalue weighted by molar-refractivity contribution is -0.134. The number of thioether (sulfide) groups is 1. The van der Waals surface area contributed by atoms with Crippen molar-refractivity contribution >= 4 is 23.6 Å². The van der Waals surface area contributed by atoms with Gasteiger partial charge in [0.25, 0.3) is 0 Å². The lowest BCUT2D eigenvalue weighted by Gasteiger charge is -2.37. The maximum atomic E-state index is 12.1. The number of hydrogen-bond donors (Lipinski definition) is 2. The quantitative estimate of drug-likeness (QED) is 0.728. The molecule has 0 aromatic carbocycles. The van der Waals surface area contributed by atoms with Crippen molar-refractivity contribution in [1.82, 2.24) is 25.7 Å². The van der Waals surface area contributed by atoms with Gasteiger partial charge in [-0.2, -0.15) is 16.7 Å². The molecule has 128 valence electrons. The monoisotopic (exact) mass is 341 g/mol. The molecule has 0 bridgehead atoms. The van der Waals surface area contributed by atoms with Gasteiger partial charge >= 0.3 is 0 Å². The number of carbonyl (C=O) groups is 2. The molecule has 0 aliphatic carbocycles. The number of nitrogens with zero attached hydrogens (tertiary/aromatic N) is 3. The molecule has 1 aliphatic rings. The standard InChI is InChI=1S/C14H23N5O3S/c1-9(2)19-5-4-15-14(21)10(19)6-12(20)16-7-13-17-11(8-23-3)18-22-13/h9-10H,4-8H2,1-3H3,(H,15,21)(H,16,20). The summed E-state index contributed by atoms with van der Waals surface area (Å²) in [5.74, 6) is 1.35. The van der Waals surface area contributed by atoms with E-state index in [2.05, 4.69) is 20.8 Å². The fourth-order valence-electron chi connectivity index (χ4n) is 2.53. The first-order valence-electron chi connectivity index (χ1n) is 7.61. The Labute approximate surface area is 139 Å². The summed E-state index contributed by atoms with van der Waals surface area (Å²) in [5, 5.41) is 9.36. The highest BCUT2D eigenvalue weighted by molar-refractivity contribution is 7.97. The fraction of sp³-hybridized carbons (Fsp3) is 0.714. The lowest BCUT2D eigenvalue weighted by atomic mass is 10.1. The minimum absolute atomic E-state index is 0.0971. The van der Waals surface area contributed by atoms with Gasteiger partial charge in [-0.1, -0.05) is 5.16 Å². The molecule has 0 spiro atoms. The van der Waals surface area contributed by atoms with Crippen molar-refractivity contribution in [2.24, 2.45) is 0 Å². The van der Waals surface area contributed by atoms with E-state index in [0.29, 0.717) is 24.0 Å². The van der Waals surface area contributed by atoms with Crippen LogP contribution in [0.15, 0.2) is 4.52 Å². The van der Waals surface area contributed by atoms with Gasteiger partial charge in [0.2, 0.25) is 17.7 Å². The minimum Gasteiger partial charge on any atom is -0.353 e. The van der Waals surface area contributed by atoms with E-state index in [1.807, 2.05) is 25.0 Å². The van der Waals surface area contributed by atoms with Crippen molar-refractivity contribution in [3.05, 3.63) is 11.7 Å². The normalized spacial score (nSPS) is 19.0. The van der Waals surface area contributed by atoms with Gasteiger partial charge in [0.15, 0.2) is 5.82 Å². The molecule has 1 aromatic rings. The molecular formula is C14H23N5O3S. The zero-order valence-corrected chi connectivity index (χ0v) is 14.5. The summed E-state index contributed by atoms with van der Waals surface area (Å²) in [5.41, 5.74) is 0. The van der Waals surface area contributed by atoms with Crippen LogP contribution in [0.25, 0.3) is 0 Å². The van der Waals surface area contributed by atoms with Gasteiger partial charge in [-0.3, -0.25) is 14.5 Å². The van der Waals surface area contributed by atoms with E-state index in [1.54, 1.807) is 11.8 Å². The van der Waals surface area contributed by atoms with E-state index >= 15 is 0 Å². The van der Waals surface area contributed by atoms with Gasteiger partial charge in [-0.15, -0.1) is 0 Å². The summed E-state index contributed by atoms with van der Waals surface area (Å²) in [6, 6.07) is -0.220. The van der Waals surface area contributed by atoms with Crippen LogP contribution in [0.1, 0.15) is 32.0 Å². The molecule has 1 aliphatic heterocycles. The highest BCUT2D eigenvalue weighted by Crippen LogP contribution is 2.13. The predicted octanol–water partition coefficient (Wildman–Crippen LogP) is 0.148. The summed E-state index contributed by atoms with van der Waals surface area (Å²) < 4.78 is 5.06. The van der Waals surface area contributed by atoms with Gasteiger partial charge in [0.05, 0.1) is 24.8 Å². The van der Waals surface area contributed by atoms with Crippen molar-refractivity contribution in [2.45, 2.75) is 44.6 Å². The molecule has 1 aromatic heterocycles. The topological polar surface area (TPSA) is 100 Å². The largest absolute Gasteiger partial charge is 0.353 e. The predicted molar refractivity (Wildman–Crippen MR) is 86.6 cm³/mol. The van der Waals surface area contributed by atoms with E-state index < -0.39 is 6.04 Å². The first kappa shape index (κ1) is 17.7. The van der Waals surface area contributed by atoms with E-state index in [4.69, 9.17) is 4.52 Å². The van der Waals surface area contributed by atoms with Gasteiger partial charge in [-0.05, 0) is 20.1 Å². The van der Waals surface area contributed by atoms with Crippen molar-refractivity contribution in [3.63, 3.8) is 0 Å². The number of carbonyl (C=O) groups excluding carboxylic acids is 2. The van der Waals surface area contributed by atoms with E-state index in [-0.39, 0.29) is 30.8 Å². The molecule has 8 nitrogen and oxygen atoms in total. The molecule has 0 saturated carbocycles. The van der Waals surface area contributed by atoms with Crippen LogP contribution in [0.4, 0.5) is 0 Å². The van der Waals surface area contributed by atoms with E-state index in [9.17, 15) is 9.59 Å².